The van der Waals surface area contributed by atoms with Crippen molar-refractivity contribution in [3.05, 3.63) is 22.8 Å². The van der Waals surface area contributed by atoms with E-state index in [0.717, 1.165) is 30.2 Å². The first-order valence-electron chi connectivity index (χ1n) is 6.61. The molecule has 100 valence electrons. The summed E-state index contributed by atoms with van der Waals surface area (Å²) >= 11 is 0. The minimum Gasteiger partial charge on any atom is -0.496 e. The molecular weight excluding hydrogens is 226 g/mol. The summed E-state index contributed by atoms with van der Waals surface area (Å²) in [5.41, 5.74) is 3.72. The van der Waals surface area contributed by atoms with Crippen molar-refractivity contribution in [1.29, 1.82) is 0 Å². The Kier molecular flexibility index (Phi) is 4.12. The second-order valence-corrected chi connectivity index (χ2v) is 5.01. The highest BCUT2D eigenvalue weighted by atomic mass is 16.5. The average molecular weight is 249 g/mol. The highest BCUT2D eigenvalue weighted by Gasteiger charge is 2.23. The number of ether oxygens (including phenoxy) is 2. The van der Waals surface area contributed by atoms with Crippen LogP contribution in [0.15, 0.2) is 6.07 Å². The van der Waals surface area contributed by atoms with E-state index in [9.17, 15) is 0 Å². The number of methoxy groups -OCH3 is 2. The summed E-state index contributed by atoms with van der Waals surface area (Å²) in [6, 6.07) is 2.13. The Morgan fingerprint density at radius 2 is 2.00 bits per heavy atom. The first kappa shape index (κ1) is 13.2. The van der Waals surface area contributed by atoms with Crippen LogP contribution in [-0.4, -0.2) is 27.3 Å². The van der Waals surface area contributed by atoms with Gasteiger partial charge in [0, 0.05) is 23.6 Å². The zero-order valence-corrected chi connectivity index (χ0v) is 11.8. The monoisotopic (exact) mass is 249 g/mol. The molecule has 1 fully saturated rings. The Bertz CT molecular complexity index is 423. The Morgan fingerprint density at radius 1 is 1.22 bits per heavy atom. The summed E-state index contributed by atoms with van der Waals surface area (Å²) in [5, 5.41) is 3.47. The first-order chi connectivity index (χ1) is 8.69. The normalized spacial score (nSPS) is 19.7. The Hall–Kier alpha value is -1.22. The molecule has 1 saturated heterocycles. The molecule has 1 unspecified atom stereocenters. The van der Waals surface area contributed by atoms with Crippen LogP contribution in [0.5, 0.6) is 11.5 Å². The van der Waals surface area contributed by atoms with Crippen LogP contribution in [-0.2, 0) is 0 Å². The molecule has 1 heterocycles. The maximum atomic E-state index is 5.64. The first-order valence-corrected chi connectivity index (χ1v) is 6.61. The van der Waals surface area contributed by atoms with Gasteiger partial charge in [-0.1, -0.05) is 0 Å². The molecule has 2 rings (SSSR count). The van der Waals surface area contributed by atoms with E-state index in [0.29, 0.717) is 5.92 Å². The molecule has 1 aliphatic rings. The zero-order chi connectivity index (χ0) is 13.1. The maximum absolute atomic E-state index is 5.64. The molecule has 0 bridgehead atoms. The van der Waals surface area contributed by atoms with Crippen LogP contribution in [0.25, 0.3) is 0 Å². The third-order valence-electron chi connectivity index (χ3n) is 3.86. The minimum atomic E-state index is 0.554. The van der Waals surface area contributed by atoms with Crippen molar-refractivity contribution < 1.29 is 9.47 Å². The molecule has 0 spiro atoms. The quantitative estimate of drug-likeness (QED) is 0.893. The van der Waals surface area contributed by atoms with E-state index in [1.54, 1.807) is 14.2 Å². The second-order valence-electron chi connectivity index (χ2n) is 5.01. The van der Waals surface area contributed by atoms with E-state index < -0.39 is 0 Å². The van der Waals surface area contributed by atoms with Gasteiger partial charge in [0.25, 0.3) is 0 Å². The Labute approximate surface area is 109 Å². The molecule has 18 heavy (non-hydrogen) atoms. The average Bonchev–Trinajstić information content (AvgIpc) is 2.41. The van der Waals surface area contributed by atoms with Gasteiger partial charge in [0.15, 0.2) is 0 Å². The lowest BCUT2D eigenvalue weighted by Gasteiger charge is -2.27. The standard InChI is InChI=1S/C15H23NO2/c1-10-8-13(17-3)11(2)15(18-4)14(10)12-6-5-7-16-9-12/h8,12,16H,5-7,9H2,1-4H3. The summed E-state index contributed by atoms with van der Waals surface area (Å²) in [5.74, 6) is 2.47. The van der Waals surface area contributed by atoms with E-state index >= 15 is 0 Å². The number of piperidine rings is 1. The van der Waals surface area contributed by atoms with Gasteiger partial charge in [-0.15, -0.1) is 0 Å². The van der Waals surface area contributed by atoms with E-state index in [1.165, 1.54) is 24.0 Å². The second kappa shape index (κ2) is 5.61. The van der Waals surface area contributed by atoms with Gasteiger partial charge in [0.05, 0.1) is 14.2 Å². The lowest BCUT2D eigenvalue weighted by Crippen LogP contribution is -2.29. The third-order valence-corrected chi connectivity index (χ3v) is 3.86. The zero-order valence-electron chi connectivity index (χ0n) is 11.8. The van der Waals surface area contributed by atoms with Gasteiger partial charge in [-0.25, -0.2) is 0 Å². The van der Waals surface area contributed by atoms with Crippen LogP contribution >= 0.6 is 0 Å². The number of aryl methyl sites for hydroxylation is 1. The summed E-state index contributed by atoms with van der Waals surface area (Å²) in [6.07, 6.45) is 2.47. The van der Waals surface area contributed by atoms with Crippen LogP contribution in [0.2, 0.25) is 0 Å². The van der Waals surface area contributed by atoms with Crippen LogP contribution in [0, 0.1) is 13.8 Å². The minimum absolute atomic E-state index is 0.554. The molecule has 1 aromatic rings. The van der Waals surface area contributed by atoms with Gasteiger partial charge in [0.2, 0.25) is 0 Å². The summed E-state index contributed by atoms with van der Waals surface area (Å²) in [4.78, 5) is 0. The molecule has 0 saturated carbocycles. The van der Waals surface area contributed by atoms with E-state index in [4.69, 9.17) is 9.47 Å². The van der Waals surface area contributed by atoms with Gasteiger partial charge in [-0.3, -0.25) is 0 Å². The number of hydrogen-bond acceptors (Lipinski definition) is 3. The molecule has 1 N–H and O–H groups in total. The molecule has 1 aliphatic heterocycles. The predicted octanol–water partition coefficient (Wildman–Crippen LogP) is 2.79. The van der Waals surface area contributed by atoms with Gasteiger partial charge in [-0.05, 0) is 44.9 Å². The fraction of sp³-hybridized carbons (Fsp3) is 0.600. The fourth-order valence-corrected chi connectivity index (χ4v) is 2.96. The smallest absolute Gasteiger partial charge is 0.129 e. The van der Waals surface area contributed by atoms with Crippen molar-refractivity contribution in [2.75, 3.05) is 27.3 Å². The Balaban J connectivity index is 2.47. The van der Waals surface area contributed by atoms with Crippen molar-refractivity contribution in [1.82, 2.24) is 5.32 Å². The lowest BCUT2D eigenvalue weighted by atomic mass is 9.86. The van der Waals surface area contributed by atoms with Crippen LogP contribution in [0.3, 0.4) is 0 Å². The van der Waals surface area contributed by atoms with E-state index in [1.807, 2.05) is 0 Å². The topological polar surface area (TPSA) is 30.5 Å². The third kappa shape index (κ3) is 2.32. The molecule has 3 nitrogen and oxygen atoms in total. The Morgan fingerprint density at radius 3 is 2.56 bits per heavy atom. The number of rotatable bonds is 3. The number of hydrogen-bond donors (Lipinski definition) is 1. The van der Waals surface area contributed by atoms with E-state index in [-0.39, 0.29) is 0 Å². The van der Waals surface area contributed by atoms with Crippen molar-refractivity contribution in [2.24, 2.45) is 0 Å². The van der Waals surface area contributed by atoms with Gasteiger partial charge < -0.3 is 14.8 Å². The molecule has 0 radical (unpaired) electrons. The predicted molar refractivity (Wildman–Crippen MR) is 73.9 cm³/mol. The summed E-state index contributed by atoms with van der Waals surface area (Å²) < 4.78 is 11.1. The van der Waals surface area contributed by atoms with E-state index in [2.05, 4.69) is 25.2 Å². The van der Waals surface area contributed by atoms with Gasteiger partial charge in [0.1, 0.15) is 11.5 Å². The molecule has 0 amide bonds. The SMILES string of the molecule is COc1cc(C)c(C2CCCNC2)c(OC)c1C. The highest BCUT2D eigenvalue weighted by Crippen LogP contribution is 2.40. The number of nitrogens with one attached hydrogen (secondary N) is 1. The largest absolute Gasteiger partial charge is 0.496 e. The van der Waals surface area contributed by atoms with Gasteiger partial charge in [-0.2, -0.15) is 0 Å². The summed E-state index contributed by atoms with van der Waals surface area (Å²) in [7, 11) is 3.46. The summed E-state index contributed by atoms with van der Waals surface area (Å²) in [6.45, 7) is 6.39. The fourth-order valence-electron chi connectivity index (χ4n) is 2.96. The molecule has 3 heteroatoms. The molecular formula is C15H23NO2. The van der Waals surface area contributed by atoms with Crippen LogP contribution in [0.4, 0.5) is 0 Å². The molecule has 1 atom stereocenters. The van der Waals surface area contributed by atoms with Crippen molar-refractivity contribution in [3.8, 4) is 11.5 Å². The lowest BCUT2D eigenvalue weighted by molar-refractivity contribution is 0.374. The van der Waals surface area contributed by atoms with Crippen molar-refractivity contribution >= 4 is 0 Å². The van der Waals surface area contributed by atoms with Crippen LogP contribution < -0.4 is 14.8 Å². The van der Waals surface area contributed by atoms with Crippen molar-refractivity contribution in [2.45, 2.75) is 32.6 Å². The number of benzene rings is 1. The van der Waals surface area contributed by atoms with Crippen molar-refractivity contribution in [3.63, 3.8) is 0 Å². The molecule has 1 aromatic carbocycles. The maximum Gasteiger partial charge on any atom is 0.129 e. The molecule has 0 aromatic heterocycles. The highest BCUT2D eigenvalue weighted by molar-refractivity contribution is 5.54. The van der Waals surface area contributed by atoms with Crippen LogP contribution in [0.1, 0.15) is 35.4 Å². The van der Waals surface area contributed by atoms with Gasteiger partial charge >= 0.3 is 0 Å². The molecule has 0 aliphatic carbocycles.